The van der Waals surface area contributed by atoms with E-state index in [2.05, 4.69) is 15.0 Å². The lowest BCUT2D eigenvalue weighted by molar-refractivity contribution is 0.121. The number of hydrogen-bond acceptors (Lipinski definition) is 5. The van der Waals surface area contributed by atoms with E-state index in [0.29, 0.717) is 37.0 Å². The summed E-state index contributed by atoms with van der Waals surface area (Å²) in [4.78, 5) is 6.62. The molecule has 0 atom stereocenters. The minimum Gasteiger partial charge on any atom is -0.489 e. The first-order chi connectivity index (χ1) is 13.2. The SMILES string of the molecule is Cn1nc(-c2ccc(OCc3ccccc3)cc2F)nc1N1CCOCC1. The fraction of sp³-hybridized carbons (Fsp3) is 0.300. The number of hydrogen-bond donors (Lipinski definition) is 0. The highest BCUT2D eigenvalue weighted by molar-refractivity contribution is 5.59. The molecule has 6 nitrogen and oxygen atoms in total. The van der Waals surface area contributed by atoms with Crippen molar-refractivity contribution < 1.29 is 13.9 Å². The van der Waals surface area contributed by atoms with Gasteiger partial charge in [0.1, 0.15) is 18.2 Å². The molecule has 3 aromatic rings. The predicted octanol–water partition coefficient (Wildman–Crippen LogP) is 3.04. The van der Waals surface area contributed by atoms with E-state index in [-0.39, 0.29) is 0 Å². The molecule has 2 heterocycles. The van der Waals surface area contributed by atoms with E-state index in [0.717, 1.165) is 24.6 Å². The van der Waals surface area contributed by atoms with Crippen molar-refractivity contribution in [2.45, 2.75) is 6.61 Å². The standard InChI is InChI=1S/C20H21FN4O2/c1-24-20(25-9-11-26-12-10-25)22-19(23-24)17-8-7-16(13-18(17)21)27-14-15-5-3-2-4-6-15/h2-8,13H,9-12,14H2,1H3. The average molecular weight is 368 g/mol. The topological polar surface area (TPSA) is 52.4 Å². The molecule has 1 aliphatic rings. The van der Waals surface area contributed by atoms with Gasteiger partial charge in [0, 0.05) is 26.2 Å². The summed E-state index contributed by atoms with van der Waals surface area (Å²) in [5, 5.41) is 4.38. The second-order valence-corrected chi connectivity index (χ2v) is 6.37. The number of halogens is 1. The minimum atomic E-state index is -0.403. The second kappa shape index (κ2) is 7.75. The quantitative estimate of drug-likeness (QED) is 0.693. The molecule has 140 valence electrons. The van der Waals surface area contributed by atoms with Crippen LogP contribution in [-0.4, -0.2) is 41.1 Å². The fourth-order valence-electron chi connectivity index (χ4n) is 3.04. The molecule has 1 fully saturated rings. The Morgan fingerprint density at radius 1 is 1.11 bits per heavy atom. The van der Waals surface area contributed by atoms with Crippen LogP contribution < -0.4 is 9.64 Å². The largest absolute Gasteiger partial charge is 0.489 e. The number of morpholine rings is 1. The van der Waals surface area contributed by atoms with Gasteiger partial charge in [-0.15, -0.1) is 5.10 Å². The number of ether oxygens (including phenoxy) is 2. The molecule has 0 aliphatic carbocycles. The molecule has 2 aromatic carbocycles. The van der Waals surface area contributed by atoms with Crippen LogP contribution in [0.25, 0.3) is 11.4 Å². The Labute approximate surface area is 157 Å². The molecule has 1 saturated heterocycles. The molecule has 0 radical (unpaired) electrons. The highest BCUT2D eigenvalue weighted by Gasteiger charge is 2.20. The maximum absolute atomic E-state index is 14.6. The van der Waals surface area contributed by atoms with Crippen molar-refractivity contribution in [3.63, 3.8) is 0 Å². The first kappa shape index (κ1) is 17.5. The van der Waals surface area contributed by atoms with Gasteiger partial charge in [0.2, 0.25) is 5.95 Å². The van der Waals surface area contributed by atoms with Gasteiger partial charge in [-0.25, -0.2) is 9.07 Å². The van der Waals surface area contributed by atoms with E-state index in [1.807, 2.05) is 37.4 Å². The Morgan fingerprint density at radius 2 is 1.89 bits per heavy atom. The molecule has 0 spiro atoms. The molecule has 1 aliphatic heterocycles. The number of rotatable bonds is 5. The van der Waals surface area contributed by atoms with Gasteiger partial charge >= 0.3 is 0 Å². The van der Waals surface area contributed by atoms with Crippen molar-refractivity contribution in [2.75, 3.05) is 31.2 Å². The third kappa shape index (κ3) is 3.93. The molecule has 0 bridgehead atoms. The van der Waals surface area contributed by atoms with Gasteiger partial charge in [0.15, 0.2) is 5.82 Å². The summed E-state index contributed by atoms with van der Waals surface area (Å²) in [7, 11) is 1.82. The number of anilines is 1. The van der Waals surface area contributed by atoms with E-state index in [4.69, 9.17) is 9.47 Å². The van der Waals surface area contributed by atoms with Crippen molar-refractivity contribution in [1.29, 1.82) is 0 Å². The Morgan fingerprint density at radius 3 is 2.63 bits per heavy atom. The number of benzene rings is 2. The van der Waals surface area contributed by atoms with Crippen LogP contribution in [0, 0.1) is 5.82 Å². The maximum atomic E-state index is 14.6. The Balaban J connectivity index is 1.51. The van der Waals surface area contributed by atoms with Gasteiger partial charge in [-0.2, -0.15) is 4.98 Å². The smallest absolute Gasteiger partial charge is 0.224 e. The van der Waals surface area contributed by atoms with Crippen LogP contribution in [-0.2, 0) is 18.4 Å². The third-order valence-electron chi connectivity index (χ3n) is 4.46. The van der Waals surface area contributed by atoms with Crippen LogP contribution >= 0.6 is 0 Å². The zero-order chi connectivity index (χ0) is 18.6. The van der Waals surface area contributed by atoms with Crippen molar-refractivity contribution >= 4 is 5.95 Å². The molecular formula is C20H21FN4O2. The summed E-state index contributed by atoms with van der Waals surface area (Å²) in [5.74, 6) is 1.16. The summed E-state index contributed by atoms with van der Waals surface area (Å²) in [5.41, 5.74) is 1.39. The summed E-state index contributed by atoms with van der Waals surface area (Å²) in [6.45, 7) is 3.21. The van der Waals surface area contributed by atoms with Gasteiger partial charge in [-0.1, -0.05) is 30.3 Å². The van der Waals surface area contributed by atoms with Gasteiger partial charge in [-0.3, -0.25) is 0 Å². The average Bonchev–Trinajstić information content (AvgIpc) is 3.09. The van der Waals surface area contributed by atoms with E-state index < -0.39 is 5.82 Å². The predicted molar refractivity (Wildman–Crippen MR) is 100 cm³/mol. The van der Waals surface area contributed by atoms with Crippen molar-refractivity contribution in [3.05, 3.63) is 59.9 Å². The lowest BCUT2D eigenvalue weighted by Gasteiger charge is -2.26. The lowest BCUT2D eigenvalue weighted by atomic mass is 10.2. The van der Waals surface area contributed by atoms with E-state index in [9.17, 15) is 4.39 Å². The zero-order valence-corrected chi connectivity index (χ0v) is 15.1. The zero-order valence-electron chi connectivity index (χ0n) is 15.1. The van der Waals surface area contributed by atoms with Crippen LogP contribution in [0.3, 0.4) is 0 Å². The molecule has 0 N–H and O–H groups in total. The van der Waals surface area contributed by atoms with Crippen molar-refractivity contribution in [3.8, 4) is 17.1 Å². The second-order valence-electron chi connectivity index (χ2n) is 6.37. The molecular weight excluding hydrogens is 347 g/mol. The van der Waals surface area contributed by atoms with Crippen LogP contribution in [0.2, 0.25) is 0 Å². The Hall–Kier alpha value is -2.93. The van der Waals surface area contributed by atoms with Crippen LogP contribution in [0.1, 0.15) is 5.56 Å². The summed E-state index contributed by atoms with van der Waals surface area (Å²) < 4.78 is 27.4. The summed E-state index contributed by atoms with van der Waals surface area (Å²) in [6, 6.07) is 14.6. The minimum absolute atomic E-state index is 0.358. The van der Waals surface area contributed by atoms with Crippen molar-refractivity contribution in [1.82, 2.24) is 14.8 Å². The van der Waals surface area contributed by atoms with Crippen molar-refractivity contribution in [2.24, 2.45) is 7.05 Å². The highest BCUT2D eigenvalue weighted by Crippen LogP contribution is 2.26. The molecule has 7 heteroatoms. The molecule has 1 aromatic heterocycles. The monoisotopic (exact) mass is 368 g/mol. The molecule has 27 heavy (non-hydrogen) atoms. The van der Waals surface area contributed by atoms with Crippen LogP contribution in [0.5, 0.6) is 5.75 Å². The maximum Gasteiger partial charge on any atom is 0.224 e. The first-order valence-electron chi connectivity index (χ1n) is 8.91. The van der Waals surface area contributed by atoms with Gasteiger partial charge < -0.3 is 14.4 Å². The summed E-state index contributed by atoms with van der Waals surface area (Å²) in [6.07, 6.45) is 0. The third-order valence-corrected chi connectivity index (χ3v) is 4.46. The number of nitrogens with zero attached hydrogens (tertiary/aromatic N) is 4. The van der Waals surface area contributed by atoms with Gasteiger partial charge in [0.05, 0.1) is 18.8 Å². The first-order valence-corrected chi connectivity index (χ1v) is 8.91. The van der Waals surface area contributed by atoms with E-state index >= 15 is 0 Å². The number of aryl methyl sites for hydroxylation is 1. The van der Waals surface area contributed by atoms with E-state index in [1.54, 1.807) is 16.8 Å². The molecule has 0 unspecified atom stereocenters. The number of aromatic nitrogens is 3. The molecule has 0 amide bonds. The van der Waals surface area contributed by atoms with Crippen LogP contribution in [0.15, 0.2) is 48.5 Å². The van der Waals surface area contributed by atoms with Gasteiger partial charge in [-0.05, 0) is 17.7 Å². The van der Waals surface area contributed by atoms with Gasteiger partial charge in [0.25, 0.3) is 0 Å². The molecule has 4 rings (SSSR count). The fourth-order valence-corrected chi connectivity index (χ4v) is 3.04. The highest BCUT2D eigenvalue weighted by atomic mass is 19.1. The van der Waals surface area contributed by atoms with E-state index in [1.165, 1.54) is 6.07 Å². The Bertz CT molecular complexity index is 908. The van der Waals surface area contributed by atoms with Crippen LogP contribution in [0.4, 0.5) is 10.3 Å². The summed E-state index contributed by atoms with van der Waals surface area (Å²) >= 11 is 0. The molecule has 0 saturated carbocycles. The lowest BCUT2D eigenvalue weighted by Crippen LogP contribution is -2.37. The normalized spacial score (nSPS) is 14.4. The Kier molecular flexibility index (Phi) is 5.02.